The summed E-state index contributed by atoms with van der Waals surface area (Å²) in [5.74, 6) is 0.793. The standard InChI is InChI=1S/C19H21N3O3/c1-13-11-21(17(23)16-5-9-25-14(16)2)12-19(13)6-8-22(18(19)24)15-4-3-7-20-10-15/h3-5,7,9-10,13H,6,8,11-12H2,1-2H3/t13-,19-/m1/s1. The van der Waals surface area contributed by atoms with Gasteiger partial charge in [-0.15, -0.1) is 0 Å². The lowest BCUT2D eigenvalue weighted by Crippen LogP contribution is -2.40. The van der Waals surface area contributed by atoms with Crippen LogP contribution in [0.3, 0.4) is 0 Å². The van der Waals surface area contributed by atoms with E-state index in [0.717, 1.165) is 12.1 Å². The highest BCUT2D eigenvalue weighted by Gasteiger charge is 2.56. The van der Waals surface area contributed by atoms with Gasteiger partial charge in [0.25, 0.3) is 5.91 Å². The predicted molar refractivity (Wildman–Crippen MR) is 92.2 cm³/mol. The van der Waals surface area contributed by atoms with Crippen molar-refractivity contribution in [3.63, 3.8) is 0 Å². The first-order chi connectivity index (χ1) is 12.0. The third kappa shape index (κ3) is 2.35. The number of hydrogen-bond acceptors (Lipinski definition) is 4. The summed E-state index contributed by atoms with van der Waals surface area (Å²) in [7, 11) is 0. The Labute approximate surface area is 146 Å². The Morgan fingerprint density at radius 1 is 1.40 bits per heavy atom. The Balaban J connectivity index is 1.58. The normalized spacial score (nSPS) is 26.0. The molecular formula is C19H21N3O3. The second kappa shape index (κ2) is 5.72. The number of rotatable bonds is 2. The molecule has 25 heavy (non-hydrogen) atoms. The molecule has 2 aliphatic rings. The van der Waals surface area contributed by atoms with Gasteiger partial charge in [-0.05, 0) is 37.5 Å². The first-order valence-electron chi connectivity index (χ1n) is 8.58. The summed E-state index contributed by atoms with van der Waals surface area (Å²) in [5, 5.41) is 0. The molecule has 2 fully saturated rings. The number of carbonyl (C=O) groups excluding carboxylic acids is 2. The molecule has 0 N–H and O–H groups in total. The van der Waals surface area contributed by atoms with Gasteiger partial charge in [-0.25, -0.2) is 0 Å². The van der Waals surface area contributed by atoms with E-state index in [1.807, 2.05) is 12.1 Å². The summed E-state index contributed by atoms with van der Waals surface area (Å²) in [5.41, 5.74) is 0.911. The zero-order valence-electron chi connectivity index (χ0n) is 14.4. The van der Waals surface area contributed by atoms with E-state index in [4.69, 9.17) is 4.42 Å². The molecule has 0 aliphatic carbocycles. The van der Waals surface area contributed by atoms with E-state index in [0.29, 0.717) is 31.0 Å². The number of anilines is 1. The van der Waals surface area contributed by atoms with Gasteiger partial charge in [-0.3, -0.25) is 14.6 Å². The fraction of sp³-hybridized carbons (Fsp3) is 0.421. The van der Waals surface area contributed by atoms with Gasteiger partial charge in [-0.1, -0.05) is 6.92 Å². The van der Waals surface area contributed by atoms with E-state index in [2.05, 4.69) is 11.9 Å². The average molecular weight is 339 g/mol. The van der Waals surface area contributed by atoms with Crippen LogP contribution in [0.1, 0.15) is 29.5 Å². The van der Waals surface area contributed by atoms with Crippen LogP contribution in [-0.2, 0) is 4.79 Å². The first kappa shape index (κ1) is 15.9. The van der Waals surface area contributed by atoms with E-state index in [-0.39, 0.29) is 17.7 Å². The van der Waals surface area contributed by atoms with E-state index in [1.54, 1.807) is 35.2 Å². The highest BCUT2D eigenvalue weighted by Crippen LogP contribution is 2.46. The third-order valence-corrected chi connectivity index (χ3v) is 5.70. The summed E-state index contributed by atoms with van der Waals surface area (Å²) >= 11 is 0. The molecule has 0 radical (unpaired) electrons. The predicted octanol–water partition coefficient (Wildman–Crippen LogP) is 2.50. The molecule has 2 saturated heterocycles. The number of aryl methyl sites for hydroxylation is 1. The smallest absolute Gasteiger partial charge is 0.257 e. The maximum Gasteiger partial charge on any atom is 0.257 e. The molecule has 4 rings (SSSR count). The van der Waals surface area contributed by atoms with Gasteiger partial charge in [0.1, 0.15) is 5.76 Å². The molecule has 2 aromatic heterocycles. The molecular weight excluding hydrogens is 318 g/mol. The zero-order chi connectivity index (χ0) is 17.6. The van der Waals surface area contributed by atoms with Crippen molar-refractivity contribution in [3.05, 3.63) is 48.2 Å². The SMILES string of the molecule is Cc1occc1C(=O)N1C[C@@H](C)[C@@]2(CCN(c3cccnc3)C2=O)C1. The monoisotopic (exact) mass is 339 g/mol. The fourth-order valence-electron chi connectivity index (χ4n) is 4.15. The number of carbonyl (C=O) groups is 2. The van der Waals surface area contributed by atoms with Gasteiger partial charge in [0.05, 0.1) is 29.1 Å². The molecule has 2 atom stereocenters. The Morgan fingerprint density at radius 2 is 2.24 bits per heavy atom. The Kier molecular flexibility index (Phi) is 3.63. The van der Waals surface area contributed by atoms with Crippen molar-refractivity contribution in [3.8, 4) is 0 Å². The molecule has 6 nitrogen and oxygen atoms in total. The molecule has 2 aromatic rings. The fourth-order valence-corrected chi connectivity index (χ4v) is 4.15. The maximum absolute atomic E-state index is 13.2. The molecule has 130 valence electrons. The lowest BCUT2D eigenvalue weighted by Gasteiger charge is -2.26. The van der Waals surface area contributed by atoms with Crippen molar-refractivity contribution in [2.75, 3.05) is 24.5 Å². The van der Waals surface area contributed by atoms with Crippen LogP contribution in [0, 0.1) is 18.3 Å². The minimum absolute atomic E-state index is 0.0531. The molecule has 6 heteroatoms. The van der Waals surface area contributed by atoms with Crippen LogP contribution >= 0.6 is 0 Å². The second-order valence-corrected chi connectivity index (χ2v) is 7.05. The molecule has 2 aliphatic heterocycles. The second-order valence-electron chi connectivity index (χ2n) is 7.05. The highest BCUT2D eigenvalue weighted by atomic mass is 16.3. The van der Waals surface area contributed by atoms with Gasteiger partial charge in [0.2, 0.25) is 5.91 Å². The summed E-state index contributed by atoms with van der Waals surface area (Å²) in [6, 6.07) is 5.44. The van der Waals surface area contributed by atoms with Crippen LogP contribution in [0.15, 0.2) is 41.3 Å². The minimum atomic E-state index is -0.497. The van der Waals surface area contributed by atoms with Crippen molar-refractivity contribution >= 4 is 17.5 Å². The van der Waals surface area contributed by atoms with Gasteiger partial charge in [-0.2, -0.15) is 0 Å². The maximum atomic E-state index is 13.2. The van der Waals surface area contributed by atoms with E-state index in [1.165, 1.54) is 6.26 Å². The third-order valence-electron chi connectivity index (χ3n) is 5.70. The average Bonchev–Trinajstić information content (AvgIpc) is 3.28. The quantitative estimate of drug-likeness (QED) is 0.843. The van der Waals surface area contributed by atoms with E-state index >= 15 is 0 Å². The Hall–Kier alpha value is -2.63. The number of pyridine rings is 1. The number of amides is 2. The molecule has 0 bridgehead atoms. The summed E-state index contributed by atoms with van der Waals surface area (Å²) in [4.78, 5) is 33.7. The summed E-state index contributed by atoms with van der Waals surface area (Å²) in [6.45, 7) is 5.58. The van der Waals surface area contributed by atoms with Gasteiger partial charge >= 0.3 is 0 Å². The van der Waals surface area contributed by atoms with Crippen molar-refractivity contribution in [2.45, 2.75) is 20.3 Å². The molecule has 0 aromatic carbocycles. The molecule has 2 amide bonds. The van der Waals surface area contributed by atoms with Crippen LogP contribution in [0.4, 0.5) is 5.69 Å². The lowest BCUT2D eigenvalue weighted by molar-refractivity contribution is -0.126. The van der Waals surface area contributed by atoms with Crippen molar-refractivity contribution < 1.29 is 14.0 Å². The number of furan rings is 1. The Bertz CT molecular complexity index is 816. The van der Waals surface area contributed by atoms with Crippen molar-refractivity contribution in [1.29, 1.82) is 0 Å². The van der Waals surface area contributed by atoms with E-state index in [9.17, 15) is 9.59 Å². The van der Waals surface area contributed by atoms with Gasteiger partial charge in [0.15, 0.2) is 0 Å². The minimum Gasteiger partial charge on any atom is -0.469 e. The van der Waals surface area contributed by atoms with Gasteiger partial charge in [0, 0.05) is 25.8 Å². The van der Waals surface area contributed by atoms with Crippen molar-refractivity contribution in [1.82, 2.24) is 9.88 Å². The van der Waals surface area contributed by atoms with Crippen LogP contribution < -0.4 is 4.90 Å². The number of nitrogens with zero attached hydrogens (tertiary/aromatic N) is 3. The van der Waals surface area contributed by atoms with Crippen LogP contribution in [0.2, 0.25) is 0 Å². The zero-order valence-corrected chi connectivity index (χ0v) is 14.4. The largest absolute Gasteiger partial charge is 0.469 e. The molecule has 4 heterocycles. The van der Waals surface area contributed by atoms with E-state index < -0.39 is 5.41 Å². The molecule has 1 spiro atoms. The molecule has 0 unspecified atom stereocenters. The summed E-state index contributed by atoms with van der Waals surface area (Å²) < 4.78 is 5.26. The van der Waals surface area contributed by atoms with Gasteiger partial charge < -0.3 is 14.2 Å². The molecule has 0 saturated carbocycles. The van der Waals surface area contributed by atoms with Crippen LogP contribution in [0.5, 0.6) is 0 Å². The highest BCUT2D eigenvalue weighted by molar-refractivity contribution is 6.02. The van der Waals surface area contributed by atoms with Crippen LogP contribution in [-0.4, -0.2) is 41.3 Å². The first-order valence-corrected chi connectivity index (χ1v) is 8.58. The van der Waals surface area contributed by atoms with Crippen molar-refractivity contribution in [2.24, 2.45) is 11.3 Å². The summed E-state index contributed by atoms with van der Waals surface area (Å²) in [6.07, 6.45) is 5.71. The number of aromatic nitrogens is 1. The lowest BCUT2D eigenvalue weighted by atomic mass is 9.78. The topological polar surface area (TPSA) is 66.7 Å². The number of hydrogen-bond donors (Lipinski definition) is 0. The Morgan fingerprint density at radius 3 is 2.92 bits per heavy atom. The number of likely N-dealkylation sites (tertiary alicyclic amines) is 1. The van der Waals surface area contributed by atoms with Crippen LogP contribution in [0.25, 0.3) is 0 Å².